The molecule has 0 aliphatic rings. The van der Waals surface area contributed by atoms with E-state index in [2.05, 4.69) is 25.6 Å². The van der Waals surface area contributed by atoms with Gasteiger partial charge in [0.25, 0.3) is 0 Å². The number of nitrogens with zero attached hydrogens (tertiary/aromatic N) is 1. The first-order valence-electron chi connectivity index (χ1n) is 4.94. The van der Waals surface area contributed by atoms with E-state index in [1.165, 1.54) is 6.20 Å². The number of sulfonamides is 1. The monoisotopic (exact) mass is 323 g/mol. The summed E-state index contributed by atoms with van der Waals surface area (Å²) in [6, 6.07) is 1.58. The SMILES string of the molecule is CCOCCS(=O)(=O)Nc1ncc(N)cc1Br. The van der Waals surface area contributed by atoms with Crippen LogP contribution in [0.5, 0.6) is 0 Å². The lowest BCUT2D eigenvalue weighted by atomic mass is 10.4. The lowest BCUT2D eigenvalue weighted by Gasteiger charge is -2.09. The summed E-state index contributed by atoms with van der Waals surface area (Å²) in [4.78, 5) is 3.89. The third-order valence-electron chi connectivity index (χ3n) is 1.82. The molecule has 1 heterocycles. The normalized spacial score (nSPS) is 11.4. The Labute approximate surface area is 109 Å². The van der Waals surface area contributed by atoms with Crippen molar-refractivity contribution in [3.8, 4) is 0 Å². The fourth-order valence-corrected chi connectivity index (χ4v) is 2.53. The minimum atomic E-state index is -3.45. The molecule has 3 N–H and O–H groups in total. The molecule has 1 aromatic heterocycles. The maximum absolute atomic E-state index is 11.6. The summed E-state index contributed by atoms with van der Waals surface area (Å²) in [6.07, 6.45) is 1.38. The molecule has 8 heteroatoms. The second-order valence-electron chi connectivity index (χ2n) is 3.22. The van der Waals surface area contributed by atoms with Crippen LogP contribution in [0, 0.1) is 0 Å². The number of nitrogens with two attached hydrogens (primary N) is 1. The quantitative estimate of drug-likeness (QED) is 0.767. The predicted octanol–water partition coefficient (Wildman–Crippen LogP) is 1.20. The first-order chi connectivity index (χ1) is 7.94. The van der Waals surface area contributed by atoms with Crippen LogP contribution in [0.2, 0.25) is 0 Å². The van der Waals surface area contributed by atoms with E-state index in [1.54, 1.807) is 13.0 Å². The van der Waals surface area contributed by atoms with Crippen molar-refractivity contribution < 1.29 is 13.2 Å². The van der Waals surface area contributed by atoms with Gasteiger partial charge in [-0.25, -0.2) is 13.4 Å². The van der Waals surface area contributed by atoms with Crippen molar-refractivity contribution in [1.29, 1.82) is 0 Å². The molecule has 0 spiro atoms. The first kappa shape index (κ1) is 14.2. The molecule has 0 atom stereocenters. The Morgan fingerprint density at radius 2 is 2.29 bits per heavy atom. The van der Waals surface area contributed by atoms with Crippen LogP contribution < -0.4 is 10.5 Å². The van der Waals surface area contributed by atoms with Gasteiger partial charge < -0.3 is 10.5 Å². The Balaban J connectivity index is 2.69. The highest BCUT2D eigenvalue weighted by molar-refractivity contribution is 9.10. The number of halogens is 1. The Hall–Kier alpha value is -0.860. The van der Waals surface area contributed by atoms with Gasteiger partial charge in [-0.05, 0) is 28.9 Å². The number of rotatable bonds is 6. The van der Waals surface area contributed by atoms with Gasteiger partial charge in [-0.1, -0.05) is 0 Å². The number of aromatic nitrogens is 1. The molecule has 0 fully saturated rings. The summed E-state index contributed by atoms with van der Waals surface area (Å²) in [5.41, 5.74) is 5.95. The van der Waals surface area contributed by atoms with Crippen molar-refractivity contribution in [3.05, 3.63) is 16.7 Å². The minimum absolute atomic E-state index is 0.112. The van der Waals surface area contributed by atoms with E-state index >= 15 is 0 Å². The molecule has 0 aromatic carbocycles. The average molecular weight is 324 g/mol. The molecule has 0 aliphatic heterocycles. The van der Waals surface area contributed by atoms with E-state index in [4.69, 9.17) is 10.5 Å². The van der Waals surface area contributed by atoms with Gasteiger partial charge in [0, 0.05) is 6.61 Å². The lowest BCUT2D eigenvalue weighted by molar-refractivity contribution is 0.163. The van der Waals surface area contributed by atoms with Crippen molar-refractivity contribution in [2.45, 2.75) is 6.92 Å². The Morgan fingerprint density at radius 1 is 1.59 bits per heavy atom. The molecule has 0 amide bonds. The molecule has 0 radical (unpaired) electrons. The van der Waals surface area contributed by atoms with Crippen LogP contribution in [-0.2, 0) is 14.8 Å². The summed E-state index contributed by atoms with van der Waals surface area (Å²) < 4.78 is 31.1. The van der Waals surface area contributed by atoms with E-state index in [0.29, 0.717) is 16.8 Å². The van der Waals surface area contributed by atoms with Crippen LogP contribution in [0.15, 0.2) is 16.7 Å². The molecule has 17 heavy (non-hydrogen) atoms. The summed E-state index contributed by atoms with van der Waals surface area (Å²) >= 11 is 3.18. The number of hydrogen-bond donors (Lipinski definition) is 2. The molecule has 0 saturated heterocycles. The number of nitrogen functional groups attached to an aromatic ring is 1. The lowest BCUT2D eigenvalue weighted by Crippen LogP contribution is -2.21. The third-order valence-corrected chi connectivity index (χ3v) is 3.63. The molecule has 0 bridgehead atoms. The Bertz CT molecular complexity index is 478. The van der Waals surface area contributed by atoms with Gasteiger partial charge in [-0.15, -0.1) is 0 Å². The van der Waals surface area contributed by atoms with E-state index < -0.39 is 10.0 Å². The average Bonchev–Trinajstić information content (AvgIpc) is 2.22. The molecule has 1 rings (SSSR count). The molecule has 1 aromatic rings. The van der Waals surface area contributed by atoms with Crippen LogP contribution >= 0.6 is 15.9 Å². The van der Waals surface area contributed by atoms with E-state index in [1.807, 2.05) is 0 Å². The Morgan fingerprint density at radius 3 is 2.88 bits per heavy atom. The highest BCUT2D eigenvalue weighted by Gasteiger charge is 2.13. The fraction of sp³-hybridized carbons (Fsp3) is 0.444. The maximum atomic E-state index is 11.6. The molecular weight excluding hydrogens is 310 g/mol. The molecule has 0 unspecified atom stereocenters. The molecule has 6 nitrogen and oxygen atoms in total. The number of nitrogens with one attached hydrogen (secondary N) is 1. The van der Waals surface area contributed by atoms with Gasteiger partial charge in [0.1, 0.15) is 0 Å². The fourth-order valence-electron chi connectivity index (χ4n) is 1.04. The summed E-state index contributed by atoms with van der Waals surface area (Å²) in [5, 5.41) is 0. The summed E-state index contributed by atoms with van der Waals surface area (Å²) in [5.74, 6) is 0.106. The van der Waals surface area contributed by atoms with Crippen LogP contribution in [0.25, 0.3) is 0 Å². The van der Waals surface area contributed by atoms with Crippen molar-refractivity contribution in [1.82, 2.24) is 4.98 Å². The zero-order valence-electron chi connectivity index (χ0n) is 9.31. The van der Waals surface area contributed by atoms with Crippen LogP contribution in [-0.4, -0.2) is 32.4 Å². The van der Waals surface area contributed by atoms with Gasteiger partial charge in [-0.3, -0.25) is 4.72 Å². The predicted molar refractivity (Wildman–Crippen MR) is 70.3 cm³/mol. The second kappa shape index (κ2) is 6.18. The number of pyridine rings is 1. The van der Waals surface area contributed by atoms with E-state index in [9.17, 15) is 8.42 Å². The third kappa shape index (κ3) is 4.88. The van der Waals surface area contributed by atoms with E-state index in [-0.39, 0.29) is 18.2 Å². The Kier molecular flexibility index (Phi) is 5.16. The number of ether oxygens (including phenoxy) is 1. The van der Waals surface area contributed by atoms with Gasteiger partial charge in [0.05, 0.1) is 28.7 Å². The number of anilines is 2. The van der Waals surface area contributed by atoms with Gasteiger partial charge in [-0.2, -0.15) is 0 Å². The second-order valence-corrected chi connectivity index (χ2v) is 5.91. The van der Waals surface area contributed by atoms with Crippen molar-refractivity contribution in [2.24, 2.45) is 0 Å². The first-order valence-corrected chi connectivity index (χ1v) is 7.38. The highest BCUT2D eigenvalue weighted by Crippen LogP contribution is 2.22. The van der Waals surface area contributed by atoms with Crippen LogP contribution in [0.3, 0.4) is 0 Å². The molecule has 96 valence electrons. The zero-order chi connectivity index (χ0) is 12.9. The number of hydrogen-bond acceptors (Lipinski definition) is 5. The largest absolute Gasteiger partial charge is 0.397 e. The van der Waals surface area contributed by atoms with Crippen molar-refractivity contribution in [2.75, 3.05) is 29.4 Å². The molecule has 0 aliphatic carbocycles. The standard InChI is InChI=1S/C9H14BrN3O3S/c1-2-16-3-4-17(14,15)13-9-8(10)5-7(11)6-12-9/h5-6H,2-4,11H2,1H3,(H,12,13). The topological polar surface area (TPSA) is 94.3 Å². The maximum Gasteiger partial charge on any atom is 0.236 e. The van der Waals surface area contributed by atoms with E-state index in [0.717, 1.165) is 0 Å². The van der Waals surface area contributed by atoms with Gasteiger partial charge in [0.2, 0.25) is 10.0 Å². The summed E-state index contributed by atoms with van der Waals surface area (Å²) in [7, 11) is -3.45. The summed E-state index contributed by atoms with van der Waals surface area (Å²) in [6.45, 7) is 2.44. The highest BCUT2D eigenvalue weighted by atomic mass is 79.9. The minimum Gasteiger partial charge on any atom is -0.397 e. The van der Waals surface area contributed by atoms with Crippen LogP contribution in [0.4, 0.5) is 11.5 Å². The van der Waals surface area contributed by atoms with Crippen molar-refractivity contribution in [3.63, 3.8) is 0 Å². The molecular formula is C9H14BrN3O3S. The van der Waals surface area contributed by atoms with Gasteiger partial charge in [0.15, 0.2) is 5.82 Å². The molecule has 0 saturated carbocycles. The zero-order valence-corrected chi connectivity index (χ0v) is 11.7. The van der Waals surface area contributed by atoms with Gasteiger partial charge >= 0.3 is 0 Å². The smallest absolute Gasteiger partial charge is 0.236 e. The van der Waals surface area contributed by atoms with Crippen LogP contribution in [0.1, 0.15) is 6.92 Å². The van der Waals surface area contributed by atoms with Crippen molar-refractivity contribution >= 4 is 37.5 Å².